The lowest BCUT2D eigenvalue weighted by Crippen LogP contribution is -2.28. The fraction of sp³-hybridized carbons (Fsp3) is 0.300. The number of ether oxygens (including phenoxy) is 1. The van der Waals surface area contributed by atoms with Gasteiger partial charge in [-0.15, -0.1) is 0 Å². The zero-order valence-corrected chi connectivity index (χ0v) is 16.5. The third-order valence-electron chi connectivity index (χ3n) is 4.39. The zero-order valence-electron chi connectivity index (χ0n) is 15.7. The predicted octanol–water partition coefficient (Wildman–Crippen LogP) is 2.63. The molecule has 28 heavy (non-hydrogen) atoms. The molecule has 2 aromatic carbocycles. The predicted molar refractivity (Wildman–Crippen MR) is 107 cm³/mol. The number of carbonyl (C=O) groups excluding carboxylic acids is 1. The van der Waals surface area contributed by atoms with Gasteiger partial charge in [-0.2, -0.15) is 9.41 Å². The van der Waals surface area contributed by atoms with E-state index in [0.717, 1.165) is 18.4 Å². The molecule has 0 bridgehead atoms. The van der Waals surface area contributed by atoms with E-state index in [2.05, 4.69) is 10.5 Å². The smallest absolute Gasteiger partial charge is 0.271 e. The van der Waals surface area contributed by atoms with Gasteiger partial charge in [0.15, 0.2) is 0 Å². The van der Waals surface area contributed by atoms with Gasteiger partial charge in [-0.3, -0.25) is 4.79 Å². The van der Waals surface area contributed by atoms with E-state index in [-0.39, 0.29) is 10.5 Å². The molecule has 0 spiro atoms. The second-order valence-electron chi connectivity index (χ2n) is 6.31. The van der Waals surface area contributed by atoms with Gasteiger partial charge < -0.3 is 4.74 Å². The molecule has 1 fully saturated rings. The number of nitrogens with one attached hydrogen (secondary N) is 1. The van der Waals surface area contributed by atoms with Crippen LogP contribution in [0.3, 0.4) is 0 Å². The minimum Gasteiger partial charge on any atom is -0.493 e. The van der Waals surface area contributed by atoms with Crippen molar-refractivity contribution in [3.8, 4) is 5.75 Å². The first-order chi connectivity index (χ1) is 13.5. The van der Waals surface area contributed by atoms with Crippen molar-refractivity contribution in [3.63, 3.8) is 0 Å². The van der Waals surface area contributed by atoms with Crippen LogP contribution in [-0.4, -0.2) is 44.5 Å². The Morgan fingerprint density at radius 1 is 1.18 bits per heavy atom. The van der Waals surface area contributed by atoms with Crippen molar-refractivity contribution in [2.75, 3.05) is 19.7 Å². The van der Waals surface area contributed by atoms with E-state index < -0.39 is 15.9 Å². The second-order valence-corrected chi connectivity index (χ2v) is 8.25. The molecule has 0 radical (unpaired) electrons. The quantitative estimate of drug-likeness (QED) is 0.571. The highest BCUT2D eigenvalue weighted by molar-refractivity contribution is 7.89. The minimum atomic E-state index is -3.57. The Morgan fingerprint density at radius 3 is 2.68 bits per heavy atom. The minimum absolute atomic E-state index is 0.118. The van der Waals surface area contributed by atoms with E-state index in [9.17, 15) is 13.2 Å². The van der Waals surface area contributed by atoms with Crippen molar-refractivity contribution in [2.24, 2.45) is 5.10 Å². The third-order valence-corrected chi connectivity index (χ3v) is 6.28. The van der Waals surface area contributed by atoms with Gasteiger partial charge in [-0.1, -0.05) is 18.2 Å². The van der Waals surface area contributed by atoms with Crippen molar-refractivity contribution in [1.82, 2.24) is 9.73 Å². The molecule has 8 heteroatoms. The van der Waals surface area contributed by atoms with Crippen LogP contribution in [0.2, 0.25) is 0 Å². The number of benzene rings is 2. The van der Waals surface area contributed by atoms with Gasteiger partial charge in [0, 0.05) is 24.2 Å². The summed E-state index contributed by atoms with van der Waals surface area (Å²) in [5.41, 5.74) is 3.39. The van der Waals surface area contributed by atoms with Gasteiger partial charge in [0.2, 0.25) is 10.0 Å². The van der Waals surface area contributed by atoms with Crippen molar-refractivity contribution >= 4 is 22.1 Å². The van der Waals surface area contributed by atoms with Crippen LogP contribution < -0.4 is 10.2 Å². The molecule has 2 aromatic rings. The zero-order chi connectivity index (χ0) is 20.0. The van der Waals surface area contributed by atoms with Gasteiger partial charge >= 0.3 is 0 Å². The molecular weight excluding hydrogens is 378 g/mol. The number of para-hydroxylation sites is 1. The number of carbonyl (C=O) groups is 1. The van der Waals surface area contributed by atoms with Gasteiger partial charge in [-0.25, -0.2) is 13.8 Å². The molecule has 0 aliphatic carbocycles. The maximum atomic E-state index is 12.7. The molecule has 0 atom stereocenters. The van der Waals surface area contributed by atoms with E-state index >= 15 is 0 Å². The summed E-state index contributed by atoms with van der Waals surface area (Å²) < 4.78 is 32.3. The highest BCUT2D eigenvalue weighted by Crippen LogP contribution is 2.21. The largest absolute Gasteiger partial charge is 0.493 e. The summed E-state index contributed by atoms with van der Waals surface area (Å²) in [6.07, 6.45) is 3.21. The summed E-state index contributed by atoms with van der Waals surface area (Å²) in [7, 11) is -3.57. The molecule has 1 aliphatic heterocycles. The number of sulfonamides is 1. The Hall–Kier alpha value is -2.71. The molecule has 1 aliphatic rings. The van der Waals surface area contributed by atoms with Crippen LogP contribution in [0.5, 0.6) is 5.75 Å². The Balaban J connectivity index is 1.72. The molecule has 3 rings (SSSR count). The van der Waals surface area contributed by atoms with Gasteiger partial charge in [0.25, 0.3) is 5.91 Å². The molecule has 1 heterocycles. The van der Waals surface area contributed by atoms with E-state index in [1.165, 1.54) is 22.7 Å². The molecule has 148 valence electrons. The fourth-order valence-corrected chi connectivity index (χ4v) is 4.54. The summed E-state index contributed by atoms with van der Waals surface area (Å²) in [6.45, 7) is 3.44. The van der Waals surface area contributed by atoms with E-state index in [1.807, 2.05) is 31.2 Å². The van der Waals surface area contributed by atoms with Crippen LogP contribution >= 0.6 is 0 Å². The molecule has 0 aromatic heterocycles. The lowest BCUT2D eigenvalue weighted by atomic mass is 10.2. The Bertz CT molecular complexity index is 967. The van der Waals surface area contributed by atoms with Crippen molar-refractivity contribution in [1.29, 1.82) is 0 Å². The van der Waals surface area contributed by atoms with Crippen LogP contribution in [0.4, 0.5) is 0 Å². The second kappa shape index (κ2) is 8.99. The van der Waals surface area contributed by atoms with Crippen molar-refractivity contribution in [2.45, 2.75) is 24.7 Å². The highest BCUT2D eigenvalue weighted by atomic mass is 32.2. The first-order valence-corrected chi connectivity index (χ1v) is 10.6. The summed E-state index contributed by atoms with van der Waals surface area (Å²) in [5.74, 6) is 0.185. The van der Waals surface area contributed by atoms with Crippen LogP contribution in [0.25, 0.3) is 0 Å². The highest BCUT2D eigenvalue weighted by Gasteiger charge is 2.27. The van der Waals surface area contributed by atoms with Crippen LogP contribution in [0, 0.1) is 0 Å². The van der Waals surface area contributed by atoms with Gasteiger partial charge in [0.1, 0.15) is 5.75 Å². The van der Waals surface area contributed by atoms with Crippen LogP contribution in [-0.2, 0) is 10.0 Å². The number of hydrogen-bond acceptors (Lipinski definition) is 5. The van der Waals surface area contributed by atoms with Crippen LogP contribution in [0.1, 0.15) is 35.7 Å². The van der Waals surface area contributed by atoms with Crippen molar-refractivity contribution in [3.05, 3.63) is 59.7 Å². The molecule has 0 saturated carbocycles. The lowest BCUT2D eigenvalue weighted by molar-refractivity contribution is 0.0955. The first kappa shape index (κ1) is 20.0. The third kappa shape index (κ3) is 4.58. The summed E-state index contributed by atoms with van der Waals surface area (Å²) in [4.78, 5) is 12.5. The summed E-state index contributed by atoms with van der Waals surface area (Å²) in [6, 6.07) is 13.3. The molecular formula is C20H23N3O4S. The summed E-state index contributed by atoms with van der Waals surface area (Å²) in [5, 5.41) is 3.97. The van der Waals surface area contributed by atoms with Crippen LogP contribution in [0.15, 0.2) is 58.5 Å². The lowest BCUT2D eigenvalue weighted by Gasteiger charge is -2.15. The van der Waals surface area contributed by atoms with E-state index in [0.29, 0.717) is 25.4 Å². The summed E-state index contributed by atoms with van der Waals surface area (Å²) >= 11 is 0. The van der Waals surface area contributed by atoms with Gasteiger partial charge in [0.05, 0.1) is 17.7 Å². The maximum Gasteiger partial charge on any atom is 0.271 e. The standard InChI is InChI=1S/C20H23N3O4S/c1-2-27-19-11-4-3-8-17(19)15-21-22-20(24)16-9-7-10-18(14-16)28(25,26)23-12-5-6-13-23/h3-4,7-11,14-15H,2,5-6,12-13H2,1H3,(H,22,24). The monoisotopic (exact) mass is 401 g/mol. The topological polar surface area (TPSA) is 88.1 Å². The SMILES string of the molecule is CCOc1ccccc1C=NNC(=O)c1cccc(S(=O)(=O)N2CCCC2)c1. The molecule has 7 nitrogen and oxygen atoms in total. The average Bonchev–Trinajstić information content (AvgIpc) is 3.25. The van der Waals surface area contributed by atoms with Crippen molar-refractivity contribution < 1.29 is 17.9 Å². The molecule has 1 N–H and O–H groups in total. The van der Waals surface area contributed by atoms with Gasteiger partial charge in [-0.05, 0) is 50.1 Å². The first-order valence-electron chi connectivity index (χ1n) is 9.18. The fourth-order valence-electron chi connectivity index (χ4n) is 2.97. The van der Waals surface area contributed by atoms with E-state index in [4.69, 9.17) is 4.74 Å². The van der Waals surface area contributed by atoms with E-state index in [1.54, 1.807) is 12.1 Å². The molecule has 1 amide bonds. The normalized spacial score (nSPS) is 15.0. The average molecular weight is 401 g/mol. The number of hydrogen-bond donors (Lipinski definition) is 1. The number of nitrogens with zero attached hydrogens (tertiary/aromatic N) is 2. The number of amides is 1. The Kier molecular flexibility index (Phi) is 6.43. The number of rotatable bonds is 7. The molecule has 1 saturated heterocycles. The maximum absolute atomic E-state index is 12.7. The Morgan fingerprint density at radius 2 is 1.93 bits per heavy atom. The Labute approximate surface area is 165 Å². The number of hydrazone groups is 1. The molecule has 0 unspecified atom stereocenters.